The highest BCUT2D eigenvalue weighted by Crippen LogP contribution is 2.31. The molecule has 144 valence electrons. The first-order chi connectivity index (χ1) is 13.0. The van der Waals surface area contributed by atoms with Gasteiger partial charge in [-0.2, -0.15) is 0 Å². The van der Waals surface area contributed by atoms with Crippen molar-refractivity contribution in [3.63, 3.8) is 0 Å². The highest BCUT2D eigenvalue weighted by atomic mass is 19.1. The summed E-state index contributed by atoms with van der Waals surface area (Å²) in [6.07, 6.45) is 2.92. The molecule has 0 spiro atoms. The van der Waals surface area contributed by atoms with Crippen LogP contribution in [0.3, 0.4) is 0 Å². The maximum atomic E-state index is 13.5. The maximum Gasteiger partial charge on any atom is 0.257 e. The van der Waals surface area contributed by atoms with E-state index in [1.165, 1.54) is 6.07 Å². The molecule has 0 atom stereocenters. The zero-order chi connectivity index (χ0) is 19.0. The summed E-state index contributed by atoms with van der Waals surface area (Å²) in [4.78, 5) is 17.4. The molecule has 4 rings (SSSR count). The molecule has 0 radical (unpaired) electrons. The molecule has 0 saturated carbocycles. The number of nitrogens with zero attached hydrogens (tertiary/aromatic N) is 2. The molecule has 2 aliphatic rings. The molecule has 0 N–H and O–H groups in total. The molecular formula is C22H27FN2O2. The Bertz CT molecular complexity index is 837. The Labute approximate surface area is 159 Å². The lowest BCUT2D eigenvalue weighted by atomic mass is 9.97. The molecule has 4 nitrogen and oxygen atoms in total. The summed E-state index contributed by atoms with van der Waals surface area (Å²) in [6, 6.07) is 6.74. The minimum atomic E-state index is -0.209. The Morgan fingerprint density at radius 2 is 2.04 bits per heavy atom. The highest BCUT2D eigenvalue weighted by molar-refractivity contribution is 5.97. The van der Waals surface area contributed by atoms with Crippen LogP contribution in [0.25, 0.3) is 0 Å². The fraction of sp³-hybridized carbons (Fsp3) is 0.500. The minimum Gasteiger partial charge on any atom is -0.465 e. The summed E-state index contributed by atoms with van der Waals surface area (Å²) in [6.45, 7) is 8.00. The first-order valence-electron chi connectivity index (χ1n) is 9.88. The van der Waals surface area contributed by atoms with Crippen LogP contribution in [0.4, 0.5) is 4.39 Å². The van der Waals surface area contributed by atoms with Crippen molar-refractivity contribution in [3.05, 3.63) is 58.3 Å². The first kappa shape index (κ1) is 18.2. The number of aryl methyl sites for hydroxylation is 1. The van der Waals surface area contributed by atoms with Crippen LogP contribution in [0.15, 0.2) is 28.7 Å². The molecule has 1 aromatic heterocycles. The second kappa shape index (κ2) is 7.47. The second-order valence-corrected chi connectivity index (χ2v) is 8.00. The van der Waals surface area contributed by atoms with Crippen LogP contribution in [-0.4, -0.2) is 35.3 Å². The van der Waals surface area contributed by atoms with Crippen LogP contribution < -0.4 is 0 Å². The van der Waals surface area contributed by atoms with Gasteiger partial charge in [-0.25, -0.2) is 4.39 Å². The van der Waals surface area contributed by atoms with Gasteiger partial charge in [0.2, 0.25) is 0 Å². The van der Waals surface area contributed by atoms with Crippen molar-refractivity contribution in [3.8, 4) is 0 Å². The van der Waals surface area contributed by atoms with Gasteiger partial charge in [0.15, 0.2) is 0 Å². The number of carbonyl (C=O) groups is 1. The van der Waals surface area contributed by atoms with Gasteiger partial charge in [0.1, 0.15) is 17.3 Å². The number of amides is 1. The molecular weight excluding hydrogens is 343 g/mol. The van der Waals surface area contributed by atoms with E-state index in [1.807, 2.05) is 17.9 Å². The van der Waals surface area contributed by atoms with E-state index in [0.29, 0.717) is 19.0 Å². The number of hydrogen-bond donors (Lipinski definition) is 0. The predicted molar refractivity (Wildman–Crippen MR) is 102 cm³/mol. The van der Waals surface area contributed by atoms with E-state index >= 15 is 0 Å². The van der Waals surface area contributed by atoms with Gasteiger partial charge in [0.25, 0.3) is 5.91 Å². The molecule has 1 aromatic carbocycles. The molecule has 1 saturated heterocycles. The van der Waals surface area contributed by atoms with Crippen molar-refractivity contribution in [2.75, 3.05) is 19.6 Å². The van der Waals surface area contributed by atoms with Crippen molar-refractivity contribution in [2.45, 2.75) is 46.2 Å². The number of rotatable bonds is 3. The second-order valence-electron chi connectivity index (χ2n) is 8.00. The van der Waals surface area contributed by atoms with Crippen LogP contribution in [0.2, 0.25) is 0 Å². The molecule has 27 heavy (non-hydrogen) atoms. The number of halogens is 1. The van der Waals surface area contributed by atoms with E-state index in [-0.39, 0.29) is 11.7 Å². The Balaban J connectivity index is 1.53. The lowest BCUT2D eigenvalue weighted by molar-refractivity contribution is 0.0693. The molecule has 0 unspecified atom stereocenters. The molecule has 1 fully saturated rings. The van der Waals surface area contributed by atoms with Crippen molar-refractivity contribution in [1.29, 1.82) is 0 Å². The standard InChI is InChI=1S/C22H27FN2O2/c1-15-6-10-25(11-7-15)22(26)21-16(2)27-20-8-9-24(14-19(20)21)13-17-4-3-5-18(23)12-17/h3-5,12,15H,6-11,13-14H2,1-2H3. The summed E-state index contributed by atoms with van der Waals surface area (Å²) >= 11 is 0. The van der Waals surface area contributed by atoms with Gasteiger partial charge in [-0.05, 0) is 43.4 Å². The van der Waals surface area contributed by atoms with Gasteiger partial charge in [0.05, 0.1) is 5.56 Å². The Morgan fingerprint density at radius 1 is 1.26 bits per heavy atom. The number of likely N-dealkylation sites (tertiary alicyclic amines) is 1. The van der Waals surface area contributed by atoms with Gasteiger partial charge in [-0.1, -0.05) is 19.1 Å². The number of benzene rings is 1. The normalized spacial score (nSPS) is 18.6. The molecule has 2 aliphatic heterocycles. The van der Waals surface area contributed by atoms with Crippen molar-refractivity contribution < 1.29 is 13.6 Å². The van der Waals surface area contributed by atoms with Crippen LogP contribution in [0, 0.1) is 18.7 Å². The molecule has 2 aromatic rings. The van der Waals surface area contributed by atoms with Gasteiger partial charge in [-0.15, -0.1) is 0 Å². The number of hydrogen-bond acceptors (Lipinski definition) is 3. The highest BCUT2D eigenvalue weighted by Gasteiger charge is 2.31. The van der Waals surface area contributed by atoms with Crippen LogP contribution in [0.5, 0.6) is 0 Å². The number of carbonyl (C=O) groups excluding carboxylic acids is 1. The lowest BCUT2D eigenvalue weighted by Crippen LogP contribution is -2.39. The summed E-state index contributed by atoms with van der Waals surface area (Å²) in [5.41, 5.74) is 2.74. The zero-order valence-electron chi connectivity index (χ0n) is 16.1. The summed E-state index contributed by atoms with van der Waals surface area (Å²) in [7, 11) is 0. The predicted octanol–water partition coefficient (Wildman–Crippen LogP) is 4.16. The Hall–Kier alpha value is -2.14. The monoisotopic (exact) mass is 370 g/mol. The van der Waals surface area contributed by atoms with Crippen LogP contribution in [0.1, 0.15) is 52.8 Å². The van der Waals surface area contributed by atoms with E-state index in [4.69, 9.17) is 4.42 Å². The van der Waals surface area contributed by atoms with E-state index in [1.54, 1.807) is 12.1 Å². The fourth-order valence-electron chi connectivity index (χ4n) is 4.26. The average molecular weight is 370 g/mol. The Kier molecular flexibility index (Phi) is 5.04. The third-order valence-corrected chi connectivity index (χ3v) is 5.88. The Morgan fingerprint density at radius 3 is 2.78 bits per heavy atom. The molecule has 5 heteroatoms. The molecule has 0 bridgehead atoms. The smallest absolute Gasteiger partial charge is 0.257 e. The molecule has 3 heterocycles. The number of piperidine rings is 1. The van der Waals surface area contributed by atoms with Crippen LogP contribution >= 0.6 is 0 Å². The third kappa shape index (κ3) is 3.79. The van der Waals surface area contributed by atoms with E-state index in [0.717, 1.165) is 67.1 Å². The van der Waals surface area contributed by atoms with Gasteiger partial charge >= 0.3 is 0 Å². The van der Waals surface area contributed by atoms with Crippen molar-refractivity contribution >= 4 is 5.91 Å². The topological polar surface area (TPSA) is 36.7 Å². The summed E-state index contributed by atoms with van der Waals surface area (Å²) in [5.74, 6) is 2.26. The summed E-state index contributed by atoms with van der Waals surface area (Å²) < 4.78 is 19.4. The van der Waals surface area contributed by atoms with E-state index < -0.39 is 0 Å². The quantitative estimate of drug-likeness (QED) is 0.814. The lowest BCUT2D eigenvalue weighted by Gasteiger charge is -2.31. The van der Waals surface area contributed by atoms with E-state index in [2.05, 4.69) is 11.8 Å². The van der Waals surface area contributed by atoms with Gasteiger partial charge < -0.3 is 9.32 Å². The summed E-state index contributed by atoms with van der Waals surface area (Å²) in [5, 5.41) is 0. The first-order valence-corrected chi connectivity index (χ1v) is 9.88. The minimum absolute atomic E-state index is 0.108. The van der Waals surface area contributed by atoms with Gasteiger partial charge in [-0.3, -0.25) is 9.69 Å². The number of furan rings is 1. The molecule has 1 amide bonds. The fourth-order valence-corrected chi connectivity index (χ4v) is 4.26. The largest absolute Gasteiger partial charge is 0.465 e. The third-order valence-electron chi connectivity index (χ3n) is 5.88. The molecule has 0 aliphatic carbocycles. The van der Waals surface area contributed by atoms with Crippen molar-refractivity contribution in [2.24, 2.45) is 5.92 Å². The van der Waals surface area contributed by atoms with Crippen LogP contribution in [-0.2, 0) is 19.5 Å². The van der Waals surface area contributed by atoms with Crippen molar-refractivity contribution in [1.82, 2.24) is 9.80 Å². The number of fused-ring (bicyclic) bond motifs is 1. The van der Waals surface area contributed by atoms with E-state index in [9.17, 15) is 9.18 Å². The SMILES string of the molecule is Cc1oc2c(c1C(=O)N1CCC(C)CC1)CN(Cc1cccc(F)c1)CC2. The van der Waals surface area contributed by atoms with Gasteiger partial charge in [0, 0.05) is 44.7 Å². The zero-order valence-corrected chi connectivity index (χ0v) is 16.1. The maximum absolute atomic E-state index is 13.5. The average Bonchev–Trinajstić information content (AvgIpc) is 2.97.